The molecule has 2 aromatic rings. The van der Waals surface area contributed by atoms with Crippen molar-refractivity contribution in [2.75, 3.05) is 6.61 Å². The molecule has 0 radical (unpaired) electrons. The first-order chi connectivity index (χ1) is 11.9. The fraction of sp³-hybridized carbons (Fsp3) is 0.222. The van der Waals surface area contributed by atoms with Crippen molar-refractivity contribution in [2.24, 2.45) is 0 Å². The van der Waals surface area contributed by atoms with E-state index in [-0.39, 0.29) is 18.1 Å². The molecule has 0 aromatic heterocycles. The summed E-state index contributed by atoms with van der Waals surface area (Å²) in [6.07, 6.45) is -0.643. The Hall–Kier alpha value is -3.22. The van der Waals surface area contributed by atoms with E-state index in [9.17, 15) is 19.7 Å². The predicted octanol–water partition coefficient (Wildman–Crippen LogP) is 3.48. The minimum absolute atomic E-state index is 0.0586. The van der Waals surface area contributed by atoms with Crippen LogP contribution in [0.2, 0.25) is 0 Å². The quantitative estimate of drug-likeness (QED) is 0.330. The van der Waals surface area contributed by atoms with E-state index in [0.717, 1.165) is 0 Å². The number of benzene rings is 2. The summed E-state index contributed by atoms with van der Waals surface area (Å²) in [5.74, 6) is -0.226. The number of carbonyl (C=O) groups is 2. The van der Waals surface area contributed by atoms with Crippen molar-refractivity contribution in [2.45, 2.75) is 20.0 Å². The van der Waals surface area contributed by atoms with Gasteiger partial charge >= 0.3 is 5.97 Å². The smallest absolute Gasteiger partial charge is 0.344 e. The predicted molar refractivity (Wildman–Crippen MR) is 89.5 cm³/mol. The summed E-state index contributed by atoms with van der Waals surface area (Å²) in [7, 11) is 0. The van der Waals surface area contributed by atoms with E-state index in [2.05, 4.69) is 0 Å². The van der Waals surface area contributed by atoms with Gasteiger partial charge in [-0.25, -0.2) is 4.79 Å². The van der Waals surface area contributed by atoms with Gasteiger partial charge in [0, 0.05) is 17.7 Å². The van der Waals surface area contributed by atoms with E-state index < -0.39 is 17.0 Å². The second-order valence-electron chi connectivity index (χ2n) is 5.35. The van der Waals surface area contributed by atoms with Gasteiger partial charge in [0.1, 0.15) is 11.9 Å². The lowest BCUT2D eigenvalue weighted by Crippen LogP contribution is -2.17. The van der Waals surface area contributed by atoms with Crippen LogP contribution in [0.1, 0.15) is 35.9 Å². The molecule has 0 N–H and O–H groups in total. The molecule has 0 amide bonds. The second-order valence-corrected chi connectivity index (χ2v) is 5.35. The summed E-state index contributed by atoms with van der Waals surface area (Å²) in [6, 6.07) is 12.3. The fourth-order valence-electron chi connectivity index (χ4n) is 2.12. The van der Waals surface area contributed by atoms with Crippen LogP contribution < -0.4 is 4.74 Å². The fourth-order valence-corrected chi connectivity index (χ4v) is 2.12. The molecule has 0 heterocycles. The molecule has 25 heavy (non-hydrogen) atoms. The van der Waals surface area contributed by atoms with Crippen molar-refractivity contribution in [1.29, 1.82) is 0 Å². The van der Waals surface area contributed by atoms with Crippen molar-refractivity contribution in [1.82, 2.24) is 0 Å². The number of nitro benzene ring substituents is 1. The minimum atomic E-state index is -0.643. The van der Waals surface area contributed by atoms with Crippen LogP contribution in [0.3, 0.4) is 0 Å². The highest BCUT2D eigenvalue weighted by Gasteiger charge is 2.15. The molecule has 7 heteroatoms. The Morgan fingerprint density at radius 1 is 1.16 bits per heavy atom. The Labute approximate surface area is 144 Å². The molecule has 0 fully saturated rings. The van der Waals surface area contributed by atoms with Crippen molar-refractivity contribution >= 4 is 17.4 Å². The third-order valence-corrected chi connectivity index (χ3v) is 3.48. The number of Topliss-reactive ketones (excluding diaryl/α,β-unsaturated/α-hetero) is 1. The van der Waals surface area contributed by atoms with Gasteiger partial charge in [-0.15, -0.1) is 0 Å². The molecular weight excluding hydrogens is 326 g/mol. The summed E-state index contributed by atoms with van der Waals surface area (Å²) < 4.78 is 10.5. The molecule has 0 unspecified atom stereocenters. The Morgan fingerprint density at radius 3 is 2.44 bits per heavy atom. The zero-order valence-corrected chi connectivity index (χ0v) is 13.8. The van der Waals surface area contributed by atoms with Gasteiger partial charge in [-0.05, 0) is 43.7 Å². The molecule has 0 aliphatic heterocycles. The zero-order chi connectivity index (χ0) is 18.4. The van der Waals surface area contributed by atoms with Crippen LogP contribution in [0.5, 0.6) is 5.75 Å². The lowest BCUT2D eigenvalue weighted by Gasteiger charge is -2.14. The highest BCUT2D eigenvalue weighted by molar-refractivity contribution is 5.94. The van der Waals surface area contributed by atoms with Crippen LogP contribution in [0.4, 0.5) is 5.69 Å². The number of nitrogens with zero attached hydrogens (tertiary/aromatic N) is 1. The second kappa shape index (κ2) is 8.05. The number of rotatable bonds is 7. The van der Waals surface area contributed by atoms with Gasteiger partial charge in [0.05, 0.1) is 4.92 Å². The lowest BCUT2D eigenvalue weighted by molar-refractivity contribution is -0.385. The number of hydrogen-bond acceptors (Lipinski definition) is 6. The Morgan fingerprint density at radius 2 is 1.84 bits per heavy atom. The number of hydrogen-bond donors (Lipinski definition) is 0. The summed E-state index contributed by atoms with van der Waals surface area (Å²) in [6.45, 7) is 2.78. The molecule has 1 atom stereocenters. The van der Waals surface area contributed by atoms with E-state index in [1.54, 1.807) is 37.3 Å². The number of ether oxygens (including phenoxy) is 2. The number of ketones is 1. The molecule has 0 saturated heterocycles. The maximum atomic E-state index is 11.9. The average Bonchev–Trinajstić information content (AvgIpc) is 2.60. The molecule has 0 saturated carbocycles. The normalized spacial score (nSPS) is 11.4. The van der Waals surface area contributed by atoms with Gasteiger partial charge in [0.2, 0.25) is 0 Å². The number of nitro groups is 1. The first-order valence-electron chi connectivity index (χ1n) is 7.54. The highest BCUT2D eigenvalue weighted by atomic mass is 16.6. The zero-order valence-electron chi connectivity index (χ0n) is 13.8. The van der Waals surface area contributed by atoms with E-state index in [4.69, 9.17) is 9.47 Å². The molecular formula is C18H17NO6. The molecule has 0 bridgehead atoms. The van der Waals surface area contributed by atoms with Gasteiger partial charge in [-0.3, -0.25) is 14.9 Å². The third kappa shape index (κ3) is 5.13. The minimum Gasteiger partial charge on any atom is -0.482 e. The maximum Gasteiger partial charge on any atom is 0.344 e. The molecule has 2 rings (SSSR count). The van der Waals surface area contributed by atoms with Crippen LogP contribution in [-0.4, -0.2) is 23.3 Å². The Bertz CT molecular complexity index is 784. The van der Waals surface area contributed by atoms with Crippen molar-refractivity contribution in [3.05, 3.63) is 69.8 Å². The van der Waals surface area contributed by atoms with Gasteiger partial charge in [-0.2, -0.15) is 0 Å². The van der Waals surface area contributed by atoms with Crippen LogP contribution >= 0.6 is 0 Å². The first-order valence-corrected chi connectivity index (χ1v) is 7.54. The molecule has 0 aliphatic carbocycles. The molecule has 130 valence electrons. The maximum absolute atomic E-state index is 11.9. The summed E-state index contributed by atoms with van der Waals surface area (Å²) in [5, 5.41) is 10.8. The van der Waals surface area contributed by atoms with Crippen LogP contribution in [0, 0.1) is 10.1 Å². The van der Waals surface area contributed by atoms with Gasteiger partial charge < -0.3 is 9.47 Å². The summed E-state index contributed by atoms with van der Waals surface area (Å²) in [4.78, 5) is 33.3. The largest absolute Gasteiger partial charge is 0.482 e. The van der Waals surface area contributed by atoms with Gasteiger partial charge in [0.25, 0.3) is 5.69 Å². The van der Waals surface area contributed by atoms with Crippen molar-refractivity contribution < 1.29 is 24.0 Å². The van der Waals surface area contributed by atoms with E-state index in [1.165, 1.54) is 25.1 Å². The van der Waals surface area contributed by atoms with Crippen LogP contribution in [-0.2, 0) is 9.53 Å². The SMILES string of the molecule is CC(=O)c1ccc(OCC(=O)O[C@@H](C)c2cccc([N+](=O)[O-])c2)cc1. The molecule has 2 aromatic carbocycles. The van der Waals surface area contributed by atoms with E-state index >= 15 is 0 Å². The van der Waals surface area contributed by atoms with Gasteiger partial charge in [0.15, 0.2) is 12.4 Å². The molecule has 0 aliphatic rings. The van der Waals surface area contributed by atoms with Crippen molar-refractivity contribution in [3.8, 4) is 5.75 Å². The van der Waals surface area contributed by atoms with Crippen LogP contribution in [0.15, 0.2) is 48.5 Å². The van der Waals surface area contributed by atoms with Crippen LogP contribution in [0.25, 0.3) is 0 Å². The standard InChI is InChI=1S/C18H17NO6/c1-12(20)14-6-8-17(9-7-14)24-11-18(21)25-13(2)15-4-3-5-16(10-15)19(22)23/h3-10,13H,11H2,1-2H3/t13-/m0/s1. The lowest BCUT2D eigenvalue weighted by atomic mass is 10.1. The van der Waals surface area contributed by atoms with E-state index in [0.29, 0.717) is 16.9 Å². The molecule has 0 spiro atoms. The summed E-state index contributed by atoms with van der Waals surface area (Å²) >= 11 is 0. The highest BCUT2D eigenvalue weighted by Crippen LogP contribution is 2.22. The van der Waals surface area contributed by atoms with Gasteiger partial charge in [-0.1, -0.05) is 12.1 Å². The first kappa shape index (κ1) is 18.1. The Balaban J connectivity index is 1.90. The third-order valence-electron chi connectivity index (χ3n) is 3.48. The monoisotopic (exact) mass is 343 g/mol. The number of carbonyl (C=O) groups excluding carboxylic acids is 2. The average molecular weight is 343 g/mol. The number of non-ortho nitro benzene ring substituents is 1. The molecule has 7 nitrogen and oxygen atoms in total. The topological polar surface area (TPSA) is 95.7 Å². The number of esters is 1. The summed E-state index contributed by atoms with van der Waals surface area (Å²) in [5.41, 5.74) is 1.00. The van der Waals surface area contributed by atoms with Crippen molar-refractivity contribution in [3.63, 3.8) is 0 Å². The Kier molecular flexibility index (Phi) is 5.84. The van der Waals surface area contributed by atoms with E-state index in [1.807, 2.05) is 0 Å².